The van der Waals surface area contributed by atoms with Crippen molar-refractivity contribution in [2.75, 3.05) is 39.4 Å². The maximum Gasteiger partial charge on any atom is 0.233 e. The number of halogens is 1. The van der Waals surface area contributed by atoms with E-state index in [1.165, 1.54) is 12.1 Å². The number of piperazine rings is 1. The van der Waals surface area contributed by atoms with Crippen molar-refractivity contribution in [1.82, 2.24) is 9.80 Å². The highest BCUT2D eigenvalue weighted by atomic mass is 19.1. The van der Waals surface area contributed by atoms with Crippen LogP contribution >= 0.6 is 0 Å². The number of rotatable bonds is 4. The van der Waals surface area contributed by atoms with Crippen molar-refractivity contribution in [3.05, 3.63) is 71.5 Å². The first kappa shape index (κ1) is 21.1. The van der Waals surface area contributed by atoms with Crippen molar-refractivity contribution in [3.8, 4) is 0 Å². The Morgan fingerprint density at radius 3 is 2.16 bits per heavy atom. The number of amides is 2. The molecule has 2 aliphatic heterocycles. The van der Waals surface area contributed by atoms with Gasteiger partial charge in [0.25, 0.3) is 0 Å². The minimum atomic E-state index is -0.532. The van der Waals surface area contributed by atoms with E-state index in [1.54, 1.807) is 12.1 Å². The fourth-order valence-corrected chi connectivity index (χ4v) is 5.32. The van der Waals surface area contributed by atoms with Crippen LogP contribution in [0, 0.1) is 11.7 Å². The van der Waals surface area contributed by atoms with Crippen molar-refractivity contribution in [2.45, 2.75) is 30.6 Å². The monoisotopic (exact) mass is 436 g/mol. The zero-order chi connectivity index (χ0) is 22.1. The number of hydrogen-bond acceptors (Lipinski definition) is 3. The number of carbonyl (C=O) groups is 2. The van der Waals surface area contributed by atoms with Crippen LogP contribution in [0.15, 0.2) is 54.6 Å². The fourth-order valence-electron chi connectivity index (χ4n) is 5.32. The minimum Gasteiger partial charge on any atom is -0.381 e. The van der Waals surface area contributed by atoms with E-state index in [2.05, 4.69) is 0 Å². The largest absolute Gasteiger partial charge is 0.381 e. The van der Waals surface area contributed by atoms with Crippen LogP contribution in [-0.4, -0.2) is 61.0 Å². The van der Waals surface area contributed by atoms with Crippen LogP contribution in [0.4, 0.5) is 4.39 Å². The highest BCUT2D eigenvalue weighted by Crippen LogP contribution is 2.48. The minimum absolute atomic E-state index is 0.0196. The Balaban J connectivity index is 1.22. The van der Waals surface area contributed by atoms with Crippen LogP contribution in [0.25, 0.3) is 0 Å². The zero-order valence-electron chi connectivity index (χ0n) is 18.2. The number of hydrogen-bond donors (Lipinski definition) is 0. The third kappa shape index (κ3) is 3.92. The van der Waals surface area contributed by atoms with E-state index in [1.807, 2.05) is 40.1 Å². The summed E-state index contributed by atoms with van der Waals surface area (Å²) >= 11 is 0. The van der Waals surface area contributed by atoms with Gasteiger partial charge in [-0.1, -0.05) is 42.5 Å². The normalized spacial score (nSPS) is 24.8. The molecular formula is C26H29FN2O3. The molecule has 5 nitrogen and oxygen atoms in total. The highest BCUT2D eigenvalue weighted by molar-refractivity contribution is 5.89. The number of nitrogens with zero attached hydrogens (tertiary/aromatic N) is 2. The Hall–Kier alpha value is -2.73. The summed E-state index contributed by atoms with van der Waals surface area (Å²) in [5, 5.41) is 0. The molecule has 168 valence electrons. The third-order valence-electron chi connectivity index (χ3n) is 7.37. The number of benzene rings is 2. The van der Waals surface area contributed by atoms with Gasteiger partial charge < -0.3 is 14.5 Å². The van der Waals surface area contributed by atoms with Crippen molar-refractivity contribution in [1.29, 1.82) is 0 Å². The second-order valence-corrected chi connectivity index (χ2v) is 9.18. The Morgan fingerprint density at radius 1 is 0.875 bits per heavy atom. The summed E-state index contributed by atoms with van der Waals surface area (Å²) in [5.41, 5.74) is 1.56. The lowest BCUT2D eigenvalue weighted by molar-refractivity contribution is -0.146. The van der Waals surface area contributed by atoms with Gasteiger partial charge in [-0.3, -0.25) is 9.59 Å². The highest BCUT2D eigenvalue weighted by Gasteiger charge is 2.48. The SMILES string of the molecule is O=C([C@H]1C[C@H]1c1ccc(F)cc1)N1CCN(C(=O)C2(c3ccccc3)CCOCC2)CC1. The van der Waals surface area contributed by atoms with Crippen LogP contribution in [-0.2, 0) is 19.7 Å². The van der Waals surface area contributed by atoms with Crippen LogP contribution in [0.5, 0.6) is 0 Å². The molecule has 3 fully saturated rings. The molecule has 0 radical (unpaired) electrons. The molecule has 6 heteroatoms. The molecule has 3 aliphatic rings. The number of carbonyl (C=O) groups excluding carboxylic acids is 2. The number of ether oxygens (including phenoxy) is 1. The van der Waals surface area contributed by atoms with Crippen LogP contribution in [0.3, 0.4) is 0 Å². The molecular weight excluding hydrogens is 407 g/mol. The quantitative estimate of drug-likeness (QED) is 0.739. The standard InChI is InChI=1S/C26H29FN2O3/c27-21-8-6-19(7-9-21)22-18-23(22)24(30)28-12-14-29(15-13-28)25(31)26(10-16-32-17-11-26)20-4-2-1-3-5-20/h1-9,22-23H,10-18H2/t22-,23-/m0/s1. The predicted molar refractivity (Wildman–Crippen MR) is 119 cm³/mol. The van der Waals surface area contributed by atoms with E-state index < -0.39 is 5.41 Å². The third-order valence-corrected chi connectivity index (χ3v) is 7.37. The van der Waals surface area contributed by atoms with Gasteiger partial charge in [0.05, 0.1) is 5.41 Å². The van der Waals surface area contributed by atoms with Crippen LogP contribution in [0.1, 0.15) is 36.3 Å². The maximum absolute atomic E-state index is 13.7. The van der Waals surface area contributed by atoms with E-state index >= 15 is 0 Å². The Kier molecular flexibility index (Phi) is 5.72. The first-order chi connectivity index (χ1) is 15.6. The summed E-state index contributed by atoms with van der Waals surface area (Å²) in [5.74, 6) is 0.237. The summed E-state index contributed by atoms with van der Waals surface area (Å²) in [6, 6.07) is 16.5. The van der Waals surface area contributed by atoms with E-state index in [0.717, 1.165) is 17.5 Å². The first-order valence-electron chi connectivity index (χ1n) is 11.6. The second-order valence-electron chi connectivity index (χ2n) is 9.18. The molecule has 1 aliphatic carbocycles. The van der Waals surface area contributed by atoms with Crippen molar-refractivity contribution in [2.24, 2.45) is 5.92 Å². The summed E-state index contributed by atoms with van der Waals surface area (Å²) in [4.78, 5) is 30.5. The lowest BCUT2D eigenvalue weighted by Gasteiger charge is -2.43. The van der Waals surface area contributed by atoms with Gasteiger partial charge in [-0.2, -0.15) is 0 Å². The molecule has 2 saturated heterocycles. The molecule has 0 N–H and O–H groups in total. The van der Waals surface area contributed by atoms with Crippen molar-refractivity contribution >= 4 is 11.8 Å². The van der Waals surface area contributed by atoms with Gasteiger partial charge in [0.2, 0.25) is 11.8 Å². The van der Waals surface area contributed by atoms with Crippen molar-refractivity contribution < 1.29 is 18.7 Å². The topological polar surface area (TPSA) is 49.9 Å². The smallest absolute Gasteiger partial charge is 0.233 e. The van der Waals surface area contributed by atoms with Crippen LogP contribution in [0.2, 0.25) is 0 Å². The Morgan fingerprint density at radius 2 is 1.50 bits per heavy atom. The van der Waals surface area contributed by atoms with Gasteiger partial charge in [-0.05, 0) is 48.4 Å². The summed E-state index contributed by atoms with van der Waals surface area (Å²) < 4.78 is 18.7. The second kappa shape index (κ2) is 8.66. The Bertz CT molecular complexity index is 964. The molecule has 5 rings (SSSR count). The average molecular weight is 437 g/mol. The molecule has 0 spiro atoms. The molecule has 1 saturated carbocycles. The van der Waals surface area contributed by atoms with E-state index in [0.29, 0.717) is 52.2 Å². The van der Waals surface area contributed by atoms with Gasteiger partial charge in [0.15, 0.2) is 0 Å². The van der Waals surface area contributed by atoms with Gasteiger partial charge in [0.1, 0.15) is 5.82 Å². The average Bonchev–Trinajstić information content (AvgIpc) is 3.66. The fraction of sp³-hybridized carbons (Fsp3) is 0.462. The molecule has 2 aromatic carbocycles. The molecule has 2 atom stereocenters. The summed E-state index contributed by atoms with van der Waals surface area (Å²) in [7, 11) is 0. The zero-order valence-corrected chi connectivity index (χ0v) is 18.2. The lowest BCUT2D eigenvalue weighted by atomic mass is 9.73. The first-order valence-corrected chi connectivity index (χ1v) is 11.6. The van der Waals surface area contributed by atoms with Gasteiger partial charge in [-0.15, -0.1) is 0 Å². The van der Waals surface area contributed by atoms with Gasteiger partial charge in [-0.25, -0.2) is 4.39 Å². The van der Waals surface area contributed by atoms with Crippen LogP contribution < -0.4 is 0 Å². The summed E-state index contributed by atoms with van der Waals surface area (Å²) in [6.45, 7) is 3.44. The molecule has 0 unspecified atom stereocenters. The molecule has 0 bridgehead atoms. The van der Waals surface area contributed by atoms with Crippen molar-refractivity contribution in [3.63, 3.8) is 0 Å². The van der Waals surface area contributed by atoms with Gasteiger partial charge in [0, 0.05) is 45.3 Å². The molecule has 2 heterocycles. The molecule has 2 aromatic rings. The summed E-state index contributed by atoms with van der Waals surface area (Å²) in [6.07, 6.45) is 2.20. The Labute approximate surface area is 188 Å². The van der Waals surface area contributed by atoms with E-state index in [-0.39, 0.29) is 29.5 Å². The molecule has 32 heavy (non-hydrogen) atoms. The molecule has 0 aromatic heterocycles. The molecule has 2 amide bonds. The maximum atomic E-state index is 13.7. The predicted octanol–water partition coefficient (Wildman–Crippen LogP) is 3.35. The van der Waals surface area contributed by atoms with E-state index in [4.69, 9.17) is 4.74 Å². The van der Waals surface area contributed by atoms with E-state index in [9.17, 15) is 14.0 Å². The van der Waals surface area contributed by atoms with Gasteiger partial charge >= 0.3 is 0 Å². The lowest BCUT2D eigenvalue weighted by Crippen LogP contribution is -2.57.